The minimum Gasteiger partial charge on any atom is -0.461 e. The second-order valence-electron chi connectivity index (χ2n) is 5.74. The van der Waals surface area contributed by atoms with Gasteiger partial charge in [0.25, 0.3) is 15.9 Å². The van der Waals surface area contributed by atoms with Crippen LogP contribution in [0.3, 0.4) is 0 Å². The number of rotatable bonds is 5. The molecule has 0 spiro atoms. The van der Waals surface area contributed by atoms with E-state index < -0.39 is 21.9 Å². The third-order valence-electron chi connectivity index (χ3n) is 4.04. The Labute approximate surface area is 151 Å². The van der Waals surface area contributed by atoms with Gasteiger partial charge in [0.1, 0.15) is 11.5 Å². The Morgan fingerprint density at radius 1 is 1.12 bits per heavy atom. The summed E-state index contributed by atoms with van der Waals surface area (Å²) in [5.41, 5.74) is 2.04. The van der Waals surface area contributed by atoms with Crippen molar-refractivity contribution in [1.82, 2.24) is 4.31 Å². The van der Waals surface area contributed by atoms with E-state index in [2.05, 4.69) is 0 Å². The lowest BCUT2D eigenvalue weighted by Gasteiger charge is -2.14. The number of sulfonamides is 1. The second-order valence-corrected chi connectivity index (χ2v) is 7.57. The van der Waals surface area contributed by atoms with Crippen molar-refractivity contribution in [3.63, 3.8) is 0 Å². The van der Waals surface area contributed by atoms with Crippen molar-refractivity contribution in [3.05, 3.63) is 71.3 Å². The van der Waals surface area contributed by atoms with E-state index in [0.29, 0.717) is 0 Å². The summed E-state index contributed by atoms with van der Waals surface area (Å²) < 4.78 is 30.5. The van der Waals surface area contributed by atoms with E-state index in [1.54, 1.807) is 18.2 Å². The Kier molecular flexibility index (Phi) is 4.90. The van der Waals surface area contributed by atoms with Crippen molar-refractivity contribution in [2.75, 3.05) is 13.2 Å². The van der Waals surface area contributed by atoms with Crippen molar-refractivity contribution in [2.45, 2.75) is 11.8 Å². The molecule has 1 aliphatic heterocycles. The zero-order chi connectivity index (χ0) is 18.7. The summed E-state index contributed by atoms with van der Waals surface area (Å²) in [5, 5.41) is 0. The van der Waals surface area contributed by atoms with Crippen LogP contribution in [0.1, 0.15) is 21.5 Å². The highest BCUT2D eigenvalue weighted by Gasteiger charge is 2.40. The van der Waals surface area contributed by atoms with Gasteiger partial charge in [0, 0.05) is 6.08 Å². The molecule has 0 saturated carbocycles. The molecule has 0 radical (unpaired) electrons. The van der Waals surface area contributed by atoms with Crippen molar-refractivity contribution in [1.29, 1.82) is 0 Å². The molecule has 0 aliphatic carbocycles. The molecular weight excluding hydrogens is 354 g/mol. The third kappa shape index (κ3) is 3.39. The number of hydrogen-bond acceptors (Lipinski definition) is 5. The molecule has 0 N–H and O–H groups in total. The van der Waals surface area contributed by atoms with Gasteiger partial charge in [-0.1, -0.05) is 36.4 Å². The number of fused-ring (bicyclic) bond motifs is 1. The first kappa shape index (κ1) is 17.9. The van der Waals surface area contributed by atoms with Crippen LogP contribution in [0.2, 0.25) is 0 Å². The van der Waals surface area contributed by atoms with Crippen molar-refractivity contribution in [3.8, 4) is 0 Å². The average molecular weight is 371 g/mol. The summed E-state index contributed by atoms with van der Waals surface area (Å²) >= 11 is 0. The maximum absolute atomic E-state index is 12.4. The molecule has 0 fully saturated rings. The molecule has 0 atom stereocenters. The van der Waals surface area contributed by atoms with Gasteiger partial charge in [-0.25, -0.2) is 17.5 Å². The van der Waals surface area contributed by atoms with Crippen LogP contribution in [0.4, 0.5) is 0 Å². The zero-order valence-corrected chi connectivity index (χ0v) is 14.9. The standard InChI is InChI=1S/C19H17NO5S/c1-14-6-2-3-7-15(14)10-11-18(21)25-13-12-20-19(22)16-8-4-5-9-17(16)26(20,23)24/h2-11H,12-13H2,1H3/b11-10+. The van der Waals surface area contributed by atoms with Crippen LogP contribution in [-0.2, 0) is 19.6 Å². The molecule has 3 rings (SSSR count). The maximum atomic E-state index is 12.4. The second kappa shape index (κ2) is 7.13. The number of esters is 1. The number of ether oxygens (including phenoxy) is 1. The Bertz CT molecular complexity index is 994. The normalized spacial score (nSPS) is 15.3. The van der Waals surface area contributed by atoms with Gasteiger partial charge in [0.05, 0.1) is 12.1 Å². The summed E-state index contributed by atoms with van der Waals surface area (Å²) in [4.78, 5) is 24.0. The molecular formula is C19H17NO5S. The maximum Gasteiger partial charge on any atom is 0.330 e. The van der Waals surface area contributed by atoms with Crippen LogP contribution in [0.25, 0.3) is 6.08 Å². The quantitative estimate of drug-likeness (QED) is 0.595. The fraction of sp³-hybridized carbons (Fsp3) is 0.158. The fourth-order valence-corrected chi connectivity index (χ4v) is 4.21. The van der Waals surface area contributed by atoms with E-state index in [1.165, 1.54) is 18.2 Å². The molecule has 2 aromatic rings. The molecule has 134 valence electrons. The summed E-state index contributed by atoms with van der Waals surface area (Å²) in [5.74, 6) is -1.21. The summed E-state index contributed by atoms with van der Waals surface area (Å²) in [6.45, 7) is 1.49. The minimum atomic E-state index is -3.88. The van der Waals surface area contributed by atoms with E-state index in [4.69, 9.17) is 4.74 Å². The van der Waals surface area contributed by atoms with Crippen LogP contribution in [0.5, 0.6) is 0 Å². The van der Waals surface area contributed by atoms with Crippen molar-refractivity contribution < 1.29 is 22.7 Å². The first-order chi connectivity index (χ1) is 12.4. The van der Waals surface area contributed by atoms with E-state index in [1.807, 2.05) is 31.2 Å². The largest absolute Gasteiger partial charge is 0.461 e. The topological polar surface area (TPSA) is 80.8 Å². The first-order valence-electron chi connectivity index (χ1n) is 7.98. The molecule has 6 nitrogen and oxygen atoms in total. The monoisotopic (exact) mass is 371 g/mol. The molecule has 7 heteroatoms. The molecule has 0 unspecified atom stereocenters. The van der Waals surface area contributed by atoms with E-state index in [-0.39, 0.29) is 23.6 Å². The summed E-state index contributed by atoms with van der Waals surface area (Å²) in [7, 11) is -3.88. The predicted octanol–water partition coefficient (Wildman–Crippen LogP) is 2.40. The van der Waals surface area contributed by atoms with Crippen LogP contribution >= 0.6 is 0 Å². The lowest BCUT2D eigenvalue weighted by atomic mass is 10.1. The highest BCUT2D eigenvalue weighted by molar-refractivity contribution is 7.90. The smallest absolute Gasteiger partial charge is 0.330 e. The van der Waals surface area contributed by atoms with Gasteiger partial charge in [0.2, 0.25) is 0 Å². The third-order valence-corrected chi connectivity index (χ3v) is 5.88. The Hall–Kier alpha value is -2.93. The highest BCUT2D eigenvalue weighted by Crippen LogP contribution is 2.29. The average Bonchev–Trinajstić information content (AvgIpc) is 2.82. The number of carbonyl (C=O) groups is 2. The van der Waals surface area contributed by atoms with Crippen molar-refractivity contribution >= 4 is 28.0 Å². The summed E-state index contributed by atoms with van der Waals surface area (Å²) in [6.07, 6.45) is 2.91. The number of amides is 1. The van der Waals surface area contributed by atoms with Crippen LogP contribution in [-0.4, -0.2) is 37.8 Å². The van der Waals surface area contributed by atoms with E-state index >= 15 is 0 Å². The van der Waals surface area contributed by atoms with Gasteiger partial charge in [-0.3, -0.25) is 4.79 Å². The Morgan fingerprint density at radius 3 is 2.54 bits per heavy atom. The van der Waals surface area contributed by atoms with Crippen molar-refractivity contribution in [2.24, 2.45) is 0 Å². The van der Waals surface area contributed by atoms with Gasteiger partial charge >= 0.3 is 5.97 Å². The molecule has 1 amide bonds. The number of carbonyl (C=O) groups excluding carboxylic acids is 2. The Morgan fingerprint density at radius 2 is 1.81 bits per heavy atom. The zero-order valence-electron chi connectivity index (χ0n) is 14.1. The van der Waals surface area contributed by atoms with Crippen LogP contribution < -0.4 is 0 Å². The van der Waals surface area contributed by atoms with E-state index in [0.717, 1.165) is 15.4 Å². The lowest BCUT2D eigenvalue weighted by molar-refractivity contribution is -0.137. The Balaban J connectivity index is 1.60. The number of benzene rings is 2. The molecule has 1 aliphatic rings. The lowest BCUT2D eigenvalue weighted by Crippen LogP contribution is -2.33. The van der Waals surface area contributed by atoms with Crippen LogP contribution in [0.15, 0.2) is 59.5 Å². The highest BCUT2D eigenvalue weighted by atomic mass is 32.2. The van der Waals surface area contributed by atoms with Crippen LogP contribution in [0, 0.1) is 6.92 Å². The molecule has 1 heterocycles. The number of aryl methyl sites for hydroxylation is 1. The molecule has 0 bridgehead atoms. The van der Waals surface area contributed by atoms with Gasteiger partial charge < -0.3 is 4.74 Å². The first-order valence-corrected chi connectivity index (χ1v) is 9.42. The van der Waals surface area contributed by atoms with E-state index in [9.17, 15) is 18.0 Å². The van der Waals surface area contributed by atoms with Gasteiger partial charge in [-0.2, -0.15) is 0 Å². The number of hydrogen-bond donors (Lipinski definition) is 0. The van der Waals surface area contributed by atoms with Gasteiger partial charge in [0.15, 0.2) is 0 Å². The fourth-order valence-electron chi connectivity index (χ4n) is 2.66. The molecule has 2 aromatic carbocycles. The molecule has 0 aromatic heterocycles. The minimum absolute atomic E-state index is 0.0178. The molecule has 0 saturated heterocycles. The SMILES string of the molecule is Cc1ccccc1/C=C/C(=O)OCCN1C(=O)c2ccccc2S1(=O)=O. The van der Waals surface area contributed by atoms with Gasteiger partial charge in [-0.05, 0) is 36.3 Å². The van der Waals surface area contributed by atoms with Gasteiger partial charge in [-0.15, -0.1) is 0 Å². The predicted molar refractivity (Wildman–Crippen MR) is 95.8 cm³/mol. The number of nitrogens with zero attached hydrogens (tertiary/aromatic N) is 1. The summed E-state index contributed by atoms with van der Waals surface area (Å²) in [6, 6.07) is 13.6. The molecule has 26 heavy (non-hydrogen) atoms.